The van der Waals surface area contributed by atoms with Gasteiger partial charge in [-0.3, -0.25) is 9.48 Å². The number of carbonyl (C=O) groups is 1. The molecule has 0 unspecified atom stereocenters. The van der Waals surface area contributed by atoms with Crippen molar-refractivity contribution in [3.8, 4) is 0 Å². The zero-order valence-electron chi connectivity index (χ0n) is 19.7. The van der Waals surface area contributed by atoms with Crippen molar-refractivity contribution >= 4 is 45.8 Å². The summed E-state index contributed by atoms with van der Waals surface area (Å²) in [6.07, 6.45) is 1.53. The van der Waals surface area contributed by atoms with Crippen LogP contribution in [0.4, 0.5) is 10.2 Å². The molecular formula is C28H23Cl2FN4O. The monoisotopic (exact) mass is 520 g/mol. The molecule has 0 aliphatic rings. The summed E-state index contributed by atoms with van der Waals surface area (Å²) in [7, 11) is 0. The summed E-state index contributed by atoms with van der Waals surface area (Å²) in [6, 6.07) is 20.4. The Hall–Kier alpha value is -3.61. The van der Waals surface area contributed by atoms with E-state index in [4.69, 9.17) is 23.2 Å². The molecule has 0 bridgehead atoms. The number of aromatic nitrogens is 3. The highest BCUT2D eigenvalue weighted by molar-refractivity contribution is 6.33. The largest absolute Gasteiger partial charge is 0.340 e. The van der Waals surface area contributed by atoms with Crippen LogP contribution in [0.15, 0.2) is 72.9 Å². The molecule has 1 amide bonds. The highest BCUT2D eigenvalue weighted by atomic mass is 35.5. The third-order valence-electron chi connectivity index (χ3n) is 6.42. The number of anilines is 1. The molecular weight excluding hydrogens is 498 g/mol. The number of nitrogens with one attached hydrogen (secondary N) is 1. The molecule has 2 aromatic heterocycles. The number of hydrogen-bond acceptors (Lipinski definition) is 2. The highest BCUT2D eigenvalue weighted by Gasteiger charge is 2.17. The molecule has 2 heterocycles. The number of amides is 1. The molecule has 0 fully saturated rings. The SMILES string of the molecule is Cc1c(C)n(Cc2ccccc2)c2ccc(C(=O)Nc3nn(Cc4c(F)cccc4Cl)cc3Cl)cc12. The lowest BCUT2D eigenvalue weighted by molar-refractivity contribution is 0.102. The van der Waals surface area contributed by atoms with E-state index < -0.39 is 5.82 Å². The van der Waals surface area contributed by atoms with E-state index in [0.717, 1.165) is 28.7 Å². The first kappa shape index (κ1) is 24.1. The van der Waals surface area contributed by atoms with E-state index >= 15 is 0 Å². The Morgan fingerprint density at radius 3 is 2.50 bits per heavy atom. The van der Waals surface area contributed by atoms with Gasteiger partial charge in [0.2, 0.25) is 0 Å². The van der Waals surface area contributed by atoms with Crippen molar-refractivity contribution in [3.63, 3.8) is 0 Å². The summed E-state index contributed by atoms with van der Waals surface area (Å²) >= 11 is 12.4. The van der Waals surface area contributed by atoms with Crippen LogP contribution in [-0.2, 0) is 13.1 Å². The van der Waals surface area contributed by atoms with E-state index in [1.807, 2.05) is 30.3 Å². The normalized spacial score (nSPS) is 11.2. The van der Waals surface area contributed by atoms with E-state index in [9.17, 15) is 9.18 Å². The molecule has 0 aliphatic heterocycles. The van der Waals surface area contributed by atoms with Gasteiger partial charge >= 0.3 is 0 Å². The lowest BCUT2D eigenvalue weighted by Gasteiger charge is -2.09. The maximum atomic E-state index is 14.2. The van der Waals surface area contributed by atoms with Crippen LogP contribution < -0.4 is 5.32 Å². The van der Waals surface area contributed by atoms with Gasteiger partial charge in [-0.1, -0.05) is 59.6 Å². The molecule has 0 atom stereocenters. The molecule has 3 aromatic carbocycles. The van der Waals surface area contributed by atoms with E-state index in [2.05, 4.69) is 41.0 Å². The van der Waals surface area contributed by atoms with Crippen LogP contribution in [0.3, 0.4) is 0 Å². The Morgan fingerprint density at radius 1 is 0.972 bits per heavy atom. The fraction of sp³-hybridized carbons (Fsp3) is 0.143. The zero-order valence-corrected chi connectivity index (χ0v) is 21.2. The topological polar surface area (TPSA) is 51.9 Å². The summed E-state index contributed by atoms with van der Waals surface area (Å²) < 4.78 is 17.9. The van der Waals surface area contributed by atoms with Crippen LogP contribution in [0.5, 0.6) is 0 Å². The Bertz CT molecular complexity index is 1570. The number of rotatable bonds is 6. The number of carbonyl (C=O) groups excluding carboxylic acids is 1. The van der Waals surface area contributed by atoms with Gasteiger partial charge < -0.3 is 9.88 Å². The number of fused-ring (bicyclic) bond motifs is 1. The maximum absolute atomic E-state index is 14.2. The van der Waals surface area contributed by atoms with Gasteiger partial charge in [-0.25, -0.2) is 4.39 Å². The van der Waals surface area contributed by atoms with Crippen molar-refractivity contribution in [1.29, 1.82) is 0 Å². The van der Waals surface area contributed by atoms with Gasteiger partial charge in [-0.05, 0) is 55.3 Å². The van der Waals surface area contributed by atoms with Crippen molar-refractivity contribution in [2.75, 3.05) is 5.32 Å². The average molecular weight is 521 g/mol. The molecule has 0 radical (unpaired) electrons. The van der Waals surface area contributed by atoms with E-state index in [-0.39, 0.29) is 23.3 Å². The Balaban J connectivity index is 1.39. The number of benzene rings is 3. The summed E-state index contributed by atoms with van der Waals surface area (Å²) in [5.74, 6) is -0.567. The summed E-state index contributed by atoms with van der Waals surface area (Å²) in [5, 5.41) is 8.65. The summed E-state index contributed by atoms with van der Waals surface area (Å²) in [5.41, 5.74) is 5.34. The van der Waals surface area contributed by atoms with Gasteiger partial charge in [-0.15, -0.1) is 0 Å². The van der Waals surface area contributed by atoms with Gasteiger partial charge in [0.1, 0.15) is 10.8 Å². The third kappa shape index (κ3) is 4.62. The summed E-state index contributed by atoms with van der Waals surface area (Å²) in [4.78, 5) is 13.1. The molecule has 1 N–H and O–H groups in total. The minimum atomic E-state index is -0.433. The van der Waals surface area contributed by atoms with Crippen molar-refractivity contribution in [3.05, 3.63) is 117 Å². The fourth-order valence-corrected chi connectivity index (χ4v) is 4.77. The quantitative estimate of drug-likeness (QED) is 0.256. The van der Waals surface area contributed by atoms with E-state index in [1.165, 1.54) is 22.5 Å². The van der Waals surface area contributed by atoms with Gasteiger partial charge in [0.05, 0.1) is 6.54 Å². The Morgan fingerprint density at radius 2 is 1.75 bits per heavy atom. The van der Waals surface area contributed by atoms with Crippen molar-refractivity contribution in [1.82, 2.24) is 14.3 Å². The highest BCUT2D eigenvalue weighted by Crippen LogP contribution is 2.28. The number of nitrogens with zero attached hydrogens (tertiary/aromatic N) is 3. The Kier molecular flexibility index (Phi) is 6.56. The van der Waals surface area contributed by atoms with Crippen molar-refractivity contribution in [2.24, 2.45) is 0 Å². The third-order valence-corrected chi connectivity index (χ3v) is 7.05. The summed E-state index contributed by atoms with van der Waals surface area (Å²) in [6.45, 7) is 4.99. The van der Waals surface area contributed by atoms with Gasteiger partial charge in [-0.2, -0.15) is 5.10 Å². The average Bonchev–Trinajstić information content (AvgIpc) is 3.33. The molecule has 0 saturated heterocycles. The number of hydrogen-bond donors (Lipinski definition) is 1. The molecule has 0 aliphatic carbocycles. The van der Waals surface area contributed by atoms with Crippen LogP contribution in [0.1, 0.15) is 32.7 Å². The minimum absolute atomic E-state index is 0.0838. The van der Waals surface area contributed by atoms with Gasteiger partial charge in [0.25, 0.3) is 5.91 Å². The molecule has 36 heavy (non-hydrogen) atoms. The molecule has 5 rings (SSSR count). The molecule has 5 aromatic rings. The Labute approximate surface area is 218 Å². The first-order valence-corrected chi connectivity index (χ1v) is 12.2. The van der Waals surface area contributed by atoms with Crippen LogP contribution in [0, 0.1) is 19.7 Å². The first-order valence-electron chi connectivity index (χ1n) is 11.4. The van der Waals surface area contributed by atoms with Crippen molar-refractivity contribution in [2.45, 2.75) is 26.9 Å². The maximum Gasteiger partial charge on any atom is 0.256 e. The lowest BCUT2D eigenvalue weighted by atomic mass is 10.1. The first-order chi connectivity index (χ1) is 17.3. The number of halogens is 3. The second-order valence-corrected chi connectivity index (χ2v) is 9.51. The van der Waals surface area contributed by atoms with Crippen molar-refractivity contribution < 1.29 is 9.18 Å². The van der Waals surface area contributed by atoms with Gasteiger partial charge in [0.15, 0.2) is 5.82 Å². The molecule has 182 valence electrons. The molecule has 0 spiro atoms. The molecule has 8 heteroatoms. The fourth-order valence-electron chi connectivity index (χ4n) is 4.35. The number of aryl methyl sites for hydroxylation is 1. The molecule has 0 saturated carbocycles. The second-order valence-electron chi connectivity index (χ2n) is 8.69. The molecule has 5 nitrogen and oxygen atoms in total. The van der Waals surface area contributed by atoms with Crippen LogP contribution in [0.25, 0.3) is 10.9 Å². The van der Waals surface area contributed by atoms with E-state index in [0.29, 0.717) is 16.1 Å². The zero-order chi connectivity index (χ0) is 25.4. The smallest absolute Gasteiger partial charge is 0.256 e. The predicted octanol–water partition coefficient (Wildman–Crippen LogP) is 7.25. The van der Waals surface area contributed by atoms with E-state index in [1.54, 1.807) is 18.2 Å². The second kappa shape index (κ2) is 9.80. The minimum Gasteiger partial charge on any atom is -0.340 e. The standard InChI is InChI=1S/C28H23Cl2FN4O/c1-17-18(2)35(14-19-7-4-3-5-8-19)26-12-11-20(13-21(17)26)28(36)32-27-24(30)16-34(33-27)15-22-23(29)9-6-10-25(22)31/h3-13,16H,14-15H2,1-2H3,(H,32,33,36). The van der Waals surface area contributed by atoms with Crippen LogP contribution >= 0.6 is 23.2 Å². The van der Waals surface area contributed by atoms with Crippen LogP contribution in [0.2, 0.25) is 10.0 Å². The van der Waals surface area contributed by atoms with Gasteiger partial charge in [0, 0.05) is 45.5 Å². The lowest BCUT2D eigenvalue weighted by Crippen LogP contribution is -2.13. The predicted molar refractivity (Wildman–Crippen MR) is 143 cm³/mol. The van der Waals surface area contributed by atoms with Crippen LogP contribution in [-0.4, -0.2) is 20.3 Å².